The van der Waals surface area contributed by atoms with Gasteiger partial charge in [0.15, 0.2) is 0 Å². The third kappa shape index (κ3) is 2.37. The van der Waals surface area contributed by atoms with E-state index in [2.05, 4.69) is 0 Å². The molecule has 0 fully saturated rings. The summed E-state index contributed by atoms with van der Waals surface area (Å²) in [5.41, 5.74) is 5.72. The van der Waals surface area contributed by atoms with E-state index in [4.69, 9.17) is 17.3 Å². The predicted octanol–water partition coefficient (Wildman–Crippen LogP) is 1.90. The van der Waals surface area contributed by atoms with Crippen LogP contribution in [0.2, 0.25) is 4.34 Å². The molecule has 0 saturated heterocycles. The van der Waals surface area contributed by atoms with E-state index in [1.165, 1.54) is 17.4 Å². The van der Waals surface area contributed by atoms with E-state index >= 15 is 0 Å². The van der Waals surface area contributed by atoms with Crippen LogP contribution in [0.4, 0.5) is 0 Å². The Kier molecular flexibility index (Phi) is 2.68. The van der Waals surface area contributed by atoms with E-state index in [0.717, 1.165) is 5.56 Å². The lowest BCUT2D eigenvalue weighted by molar-refractivity contribution is -0.113. The molecular weight excluding hydrogens is 182 g/mol. The minimum Gasteiger partial charge on any atom is -0.366 e. The third-order valence-corrected chi connectivity index (χ3v) is 2.27. The van der Waals surface area contributed by atoms with Crippen LogP contribution in [0.15, 0.2) is 17.5 Å². The SMILES string of the molecule is NC(=O)C=Cc1ccsc1Cl. The first kappa shape index (κ1) is 8.30. The molecule has 0 aliphatic rings. The molecule has 0 unspecified atom stereocenters. The van der Waals surface area contributed by atoms with Gasteiger partial charge < -0.3 is 5.73 Å². The molecule has 0 radical (unpaired) electrons. The molecule has 2 nitrogen and oxygen atoms in total. The minimum absolute atomic E-state index is 0.465. The van der Waals surface area contributed by atoms with E-state index in [-0.39, 0.29) is 0 Å². The van der Waals surface area contributed by atoms with Crippen LogP contribution in [0.3, 0.4) is 0 Å². The smallest absolute Gasteiger partial charge is 0.241 e. The van der Waals surface area contributed by atoms with Gasteiger partial charge in [0.1, 0.15) is 4.34 Å². The number of halogens is 1. The Morgan fingerprint density at radius 2 is 2.45 bits per heavy atom. The number of thiophene rings is 1. The number of rotatable bonds is 2. The Hall–Kier alpha value is -0.800. The van der Waals surface area contributed by atoms with Gasteiger partial charge in [0.2, 0.25) is 5.91 Å². The maximum atomic E-state index is 10.3. The van der Waals surface area contributed by atoms with Crippen molar-refractivity contribution < 1.29 is 4.79 Å². The molecule has 0 bridgehead atoms. The van der Waals surface area contributed by atoms with Gasteiger partial charge in [-0.25, -0.2) is 0 Å². The van der Waals surface area contributed by atoms with Crippen molar-refractivity contribution in [3.8, 4) is 0 Å². The lowest BCUT2D eigenvalue weighted by Gasteiger charge is -1.84. The first-order valence-corrected chi connectivity index (χ1v) is 4.16. The highest BCUT2D eigenvalue weighted by atomic mass is 35.5. The highest BCUT2D eigenvalue weighted by Crippen LogP contribution is 2.23. The quantitative estimate of drug-likeness (QED) is 0.707. The van der Waals surface area contributed by atoms with Gasteiger partial charge in [0.25, 0.3) is 0 Å². The zero-order valence-corrected chi connectivity index (χ0v) is 7.15. The fourth-order valence-corrected chi connectivity index (χ4v) is 1.48. The Morgan fingerprint density at radius 3 is 2.91 bits per heavy atom. The number of hydrogen-bond donors (Lipinski definition) is 1. The summed E-state index contributed by atoms with van der Waals surface area (Å²) < 4.78 is 0.669. The summed E-state index contributed by atoms with van der Waals surface area (Å²) in [6.45, 7) is 0. The second-order valence-corrected chi connectivity index (χ2v) is 3.40. The molecule has 0 saturated carbocycles. The van der Waals surface area contributed by atoms with Crippen molar-refractivity contribution in [2.75, 3.05) is 0 Å². The lowest BCUT2D eigenvalue weighted by Crippen LogP contribution is -2.04. The fourth-order valence-electron chi connectivity index (χ4n) is 0.594. The van der Waals surface area contributed by atoms with Crippen LogP contribution in [0.1, 0.15) is 5.56 Å². The summed E-state index contributed by atoms with van der Waals surface area (Å²) in [5, 5.41) is 1.85. The average Bonchev–Trinajstić information content (AvgIpc) is 2.31. The summed E-state index contributed by atoms with van der Waals surface area (Å²) in [6, 6.07) is 1.83. The summed E-state index contributed by atoms with van der Waals surface area (Å²) in [7, 11) is 0. The maximum Gasteiger partial charge on any atom is 0.241 e. The van der Waals surface area contributed by atoms with Crippen molar-refractivity contribution in [3.63, 3.8) is 0 Å². The molecule has 0 atom stereocenters. The van der Waals surface area contributed by atoms with Gasteiger partial charge in [-0.05, 0) is 17.5 Å². The number of carbonyl (C=O) groups is 1. The summed E-state index contributed by atoms with van der Waals surface area (Å²) in [6.07, 6.45) is 2.88. The van der Waals surface area contributed by atoms with Crippen molar-refractivity contribution in [1.82, 2.24) is 0 Å². The lowest BCUT2D eigenvalue weighted by atomic mass is 10.3. The summed E-state index contributed by atoms with van der Waals surface area (Å²) in [4.78, 5) is 10.3. The summed E-state index contributed by atoms with van der Waals surface area (Å²) in [5.74, 6) is -0.465. The van der Waals surface area contributed by atoms with Crippen LogP contribution in [-0.2, 0) is 4.79 Å². The van der Waals surface area contributed by atoms with E-state index in [1.54, 1.807) is 6.08 Å². The average molecular weight is 188 g/mol. The minimum atomic E-state index is -0.465. The Morgan fingerprint density at radius 1 is 1.73 bits per heavy atom. The van der Waals surface area contributed by atoms with Gasteiger partial charge in [-0.2, -0.15) is 0 Å². The van der Waals surface area contributed by atoms with Gasteiger partial charge in [-0.1, -0.05) is 11.6 Å². The fraction of sp³-hybridized carbons (Fsp3) is 0. The molecular formula is C7H6ClNOS. The highest BCUT2D eigenvalue weighted by molar-refractivity contribution is 7.14. The van der Waals surface area contributed by atoms with Crippen LogP contribution >= 0.6 is 22.9 Å². The first-order chi connectivity index (χ1) is 5.20. The molecule has 11 heavy (non-hydrogen) atoms. The molecule has 4 heteroatoms. The Balaban J connectivity index is 2.79. The number of carbonyl (C=O) groups excluding carboxylic acids is 1. The van der Waals surface area contributed by atoms with Crippen molar-refractivity contribution in [3.05, 3.63) is 27.4 Å². The normalized spacial score (nSPS) is 10.6. The van der Waals surface area contributed by atoms with Gasteiger partial charge >= 0.3 is 0 Å². The molecule has 0 aromatic carbocycles. The zero-order chi connectivity index (χ0) is 8.27. The monoisotopic (exact) mass is 187 g/mol. The summed E-state index contributed by atoms with van der Waals surface area (Å²) >= 11 is 7.16. The van der Waals surface area contributed by atoms with Gasteiger partial charge in [0, 0.05) is 11.6 Å². The second-order valence-electron chi connectivity index (χ2n) is 1.89. The molecule has 1 amide bonds. The number of hydrogen-bond acceptors (Lipinski definition) is 2. The van der Waals surface area contributed by atoms with Gasteiger partial charge in [0.05, 0.1) is 0 Å². The Labute approximate surface area is 73.3 Å². The van der Waals surface area contributed by atoms with E-state index in [0.29, 0.717) is 4.34 Å². The molecule has 58 valence electrons. The largest absolute Gasteiger partial charge is 0.366 e. The highest BCUT2D eigenvalue weighted by Gasteiger charge is 1.95. The predicted molar refractivity (Wildman–Crippen MR) is 47.6 cm³/mol. The van der Waals surface area contributed by atoms with Crippen molar-refractivity contribution in [2.45, 2.75) is 0 Å². The molecule has 0 spiro atoms. The molecule has 2 N–H and O–H groups in total. The molecule has 1 aromatic heterocycles. The molecule has 0 aliphatic carbocycles. The van der Waals surface area contributed by atoms with Crippen LogP contribution in [0, 0.1) is 0 Å². The van der Waals surface area contributed by atoms with Crippen LogP contribution in [0.25, 0.3) is 6.08 Å². The van der Waals surface area contributed by atoms with E-state index in [9.17, 15) is 4.79 Å². The van der Waals surface area contributed by atoms with E-state index < -0.39 is 5.91 Å². The third-order valence-electron chi connectivity index (χ3n) is 1.07. The first-order valence-electron chi connectivity index (χ1n) is 2.90. The second kappa shape index (κ2) is 3.55. The van der Waals surface area contributed by atoms with Crippen molar-refractivity contribution in [1.29, 1.82) is 0 Å². The van der Waals surface area contributed by atoms with Crippen LogP contribution < -0.4 is 5.73 Å². The van der Waals surface area contributed by atoms with Crippen molar-refractivity contribution >= 4 is 34.9 Å². The van der Waals surface area contributed by atoms with Crippen LogP contribution in [0.5, 0.6) is 0 Å². The standard InChI is InChI=1S/C7H6ClNOS/c8-7-5(3-4-11-7)1-2-6(9)10/h1-4H,(H2,9,10). The molecule has 0 aliphatic heterocycles. The van der Waals surface area contributed by atoms with Crippen molar-refractivity contribution in [2.24, 2.45) is 5.73 Å². The van der Waals surface area contributed by atoms with Gasteiger partial charge in [-0.3, -0.25) is 4.79 Å². The number of nitrogens with two attached hydrogens (primary N) is 1. The van der Waals surface area contributed by atoms with E-state index in [1.807, 2.05) is 11.4 Å². The maximum absolute atomic E-state index is 10.3. The Bertz CT molecular complexity index is 292. The molecule has 1 rings (SSSR count). The molecule has 1 aromatic rings. The zero-order valence-electron chi connectivity index (χ0n) is 5.58. The van der Waals surface area contributed by atoms with Gasteiger partial charge in [-0.15, -0.1) is 11.3 Å². The number of amides is 1. The molecule has 1 heterocycles. The van der Waals surface area contributed by atoms with Crippen LogP contribution in [-0.4, -0.2) is 5.91 Å². The number of primary amides is 1. The topological polar surface area (TPSA) is 43.1 Å².